The van der Waals surface area contributed by atoms with Gasteiger partial charge in [-0.25, -0.2) is 5.84 Å². The molecule has 0 rings (SSSR count). The summed E-state index contributed by atoms with van der Waals surface area (Å²) in [6.07, 6.45) is -5.25. The molecule has 0 bridgehead atoms. The van der Waals surface area contributed by atoms with Crippen LogP contribution in [-0.2, 0) is 0 Å². The third kappa shape index (κ3) is 7.58. The fourth-order valence-corrected chi connectivity index (χ4v) is 0.746. The van der Waals surface area contributed by atoms with Crippen molar-refractivity contribution in [3.8, 4) is 0 Å². The van der Waals surface area contributed by atoms with E-state index in [0.717, 1.165) is 0 Å². The maximum Gasteiger partial charge on any atom is 0.389 e. The summed E-state index contributed by atoms with van der Waals surface area (Å²) in [5.74, 6) is 5.19. The fourth-order valence-electron chi connectivity index (χ4n) is 0.746. The van der Waals surface area contributed by atoms with Crippen LogP contribution in [0.15, 0.2) is 4.99 Å². The highest BCUT2D eigenvalue weighted by Crippen LogP contribution is 2.21. The molecule has 0 aliphatic heterocycles. The van der Waals surface area contributed by atoms with E-state index in [1.807, 2.05) is 0 Å². The lowest BCUT2D eigenvalue weighted by atomic mass is 10.3. The van der Waals surface area contributed by atoms with Crippen molar-refractivity contribution in [2.75, 3.05) is 0 Å². The first kappa shape index (κ1) is 12.2. The molecule has 0 saturated carbocycles. The monoisotopic (exact) mass is 197 g/mol. The summed E-state index contributed by atoms with van der Waals surface area (Å²) in [5, 5.41) is 0. The zero-order chi connectivity index (χ0) is 10.5. The first-order chi connectivity index (χ1) is 5.85. The molecule has 0 saturated heterocycles. The Bertz CT molecular complexity index is 174. The molecule has 0 aromatic rings. The van der Waals surface area contributed by atoms with Crippen LogP contribution in [-0.4, -0.2) is 18.1 Å². The molecule has 0 aromatic carbocycles. The van der Waals surface area contributed by atoms with Crippen LogP contribution in [0.4, 0.5) is 13.2 Å². The predicted octanol–water partition coefficient (Wildman–Crippen LogP) is 1.60. The summed E-state index contributed by atoms with van der Waals surface area (Å²) in [4.78, 5) is 3.88. The summed E-state index contributed by atoms with van der Waals surface area (Å²) in [6.45, 7) is 3.54. The van der Waals surface area contributed by atoms with Gasteiger partial charge in [-0.15, -0.1) is 0 Å². The topological polar surface area (TPSA) is 50.4 Å². The Morgan fingerprint density at radius 2 is 2.00 bits per heavy atom. The molecule has 0 radical (unpaired) electrons. The van der Waals surface area contributed by atoms with E-state index in [9.17, 15) is 13.2 Å². The zero-order valence-electron chi connectivity index (χ0n) is 7.65. The third-order valence-corrected chi connectivity index (χ3v) is 1.23. The minimum atomic E-state index is -4.16. The molecular weight excluding hydrogens is 183 g/mol. The SMILES string of the molecule is CC(C)N=C(CCC(F)(F)F)NN. The van der Waals surface area contributed by atoms with Crippen molar-refractivity contribution in [3.63, 3.8) is 0 Å². The normalized spacial score (nSPS) is 13.6. The van der Waals surface area contributed by atoms with Crippen LogP contribution >= 0.6 is 0 Å². The Hall–Kier alpha value is -0.780. The predicted molar refractivity (Wildman–Crippen MR) is 45.2 cm³/mol. The number of alkyl halides is 3. The van der Waals surface area contributed by atoms with Gasteiger partial charge < -0.3 is 5.43 Å². The Morgan fingerprint density at radius 1 is 1.46 bits per heavy atom. The number of nitrogens with zero attached hydrogens (tertiary/aromatic N) is 1. The quantitative estimate of drug-likeness (QED) is 0.312. The summed E-state index contributed by atoms with van der Waals surface area (Å²) >= 11 is 0. The molecule has 0 atom stereocenters. The van der Waals surface area contributed by atoms with Gasteiger partial charge in [0.15, 0.2) is 0 Å². The van der Waals surface area contributed by atoms with Gasteiger partial charge in [0.1, 0.15) is 5.84 Å². The molecule has 3 nitrogen and oxygen atoms in total. The third-order valence-electron chi connectivity index (χ3n) is 1.23. The average molecular weight is 197 g/mol. The first-order valence-corrected chi connectivity index (χ1v) is 3.95. The molecule has 78 valence electrons. The largest absolute Gasteiger partial charge is 0.389 e. The Labute approximate surface area is 75.2 Å². The van der Waals surface area contributed by atoms with Crippen LogP contribution in [0.1, 0.15) is 26.7 Å². The summed E-state index contributed by atoms with van der Waals surface area (Å²) < 4.78 is 35.3. The van der Waals surface area contributed by atoms with Gasteiger partial charge in [0, 0.05) is 12.5 Å². The second kappa shape index (κ2) is 5.06. The smallest absolute Gasteiger partial charge is 0.312 e. The highest BCUT2D eigenvalue weighted by Gasteiger charge is 2.27. The summed E-state index contributed by atoms with van der Waals surface area (Å²) in [6, 6.07) is -0.0562. The van der Waals surface area contributed by atoms with E-state index in [2.05, 4.69) is 10.4 Å². The molecule has 0 aromatic heterocycles. The van der Waals surface area contributed by atoms with E-state index in [1.54, 1.807) is 13.8 Å². The molecule has 3 N–H and O–H groups in total. The Kier molecular flexibility index (Phi) is 4.76. The van der Waals surface area contributed by atoms with Crippen LogP contribution in [0.5, 0.6) is 0 Å². The fraction of sp³-hybridized carbons (Fsp3) is 0.857. The van der Waals surface area contributed by atoms with Crippen molar-refractivity contribution in [3.05, 3.63) is 0 Å². The van der Waals surface area contributed by atoms with E-state index in [1.165, 1.54) is 0 Å². The van der Waals surface area contributed by atoms with Crippen molar-refractivity contribution in [2.45, 2.75) is 38.9 Å². The minimum Gasteiger partial charge on any atom is -0.312 e. The number of hydrogen-bond acceptors (Lipinski definition) is 2. The Morgan fingerprint density at radius 3 is 2.31 bits per heavy atom. The van der Waals surface area contributed by atoms with Gasteiger partial charge in [-0.05, 0) is 13.8 Å². The lowest BCUT2D eigenvalue weighted by Gasteiger charge is -2.09. The van der Waals surface area contributed by atoms with E-state index < -0.39 is 12.6 Å². The molecule has 0 spiro atoms. The van der Waals surface area contributed by atoms with E-state index >= 15 is 0 Å². The highest BCUT2D eigenvalue weighted by atomic mass is 19.4. The molecule has 0 unspecified atom stereocenters. The standard InChI is InChI=1S/C7H14F3N3/c1-5(2)12-6(13-11)3-4-7(8,9)10/h5H,3-4,11H2,1-2H3,(H,12,13). The lowest BCUT2D eigenvalue weighted by molar-refractivity contribution is -0.132. The van der Waals surface area contributed by atoms with Crippen LogP contribution in [0, 0.1) is 0 Å². The second-order valence-corrected chi connectivity index (χ2v) is 2.93. The number of rotatable bonds is 3. The second-order valence-electron chi connectivity index (χ2n) is 2.93. The van der Waals surface area contributed by atoms with Crippen LogP contribution < -0.4 is 11.3 Å². The first-order valence-electron chi connectivity index (χ1n) is 3.95. The van der Waals surface area contributed by atoms with Gasteiger partial charge in [0.25, 0.3) is 0 Å². The van der Waals surface area contributed by atoms with Crippen molar-refractivity contribution >= 4 is 5.84 Å². The summed E-state index contributed by atoms with van der Waals surface area (Å²) in [5.41, 5.74) is 2.16. The molecule has 0 heterocycles. The molecule has 0 aliphatic rings. The van der Waals surface area contributed by atoms with Gasteiger partial charge in [0.05, 0.1) is 6.42 Å². The number of halogens is 3. The van der Waals surface area contributed by atoms with E-state index in [4.69, 9.17) is 5.84 Å². The molecule has 13 heavy (non-hydrogen) atoms. The van der Waals surface area contributed by atoms with Crippen molar-refractivity contribution in [1.29, 1.82) is 0 Å². The van der Waals surface area contributed by atoms with E-state index in [0.29, 0.717) is 0 Å². The van der Waals surface area contributed by atoms with Crippen molar-refractivity contribution in [2.24, 2.45) is 10.8 Å². The van der Waals surface area contributed by atoms with E-state index in [-0.39, 0.29) is 18.3 Å². The van der Waals surface area contributed by atoms with Gasteiger partial charge in [-0.3, -0.25) is 4.99 Å². The number of aliphatic imine (C=N–C) groups is 1. The number of amidine groups is 1. The average Bonchev–Trinajstić information content (AvgIpc) is 1.95. The van der Waals surface area contributed by atoms with Gasteiger partial charge >= 0.3 is 6.18 Å². The number of hydrogen-bond donors (Lipinski definition) is 2. The Balaban J connectivity index is 4.00. The molecule has 0 amide bonds. The van der Waals surface area contributed by atoms with Crippen LogP contribution in [0.2, 0.25) is 0 Å². The minimum absolute atomic E-state index is 0.0562. The van der Waals surface area contributed by atoms with Crippen LogP contribution in [0.25, 0.3) is 0 Å². The van der Waals surface area contributed by atoms with Crippen LogP contribution in [0.3, 0.4) is 0 Å². The zero-order valence-corrected chi connectivity index (χ0v) is 7.65. The number of nitrogens with two attached hydrogens (primary N) is 1. The molecule has 0 fully saturated rings. The van der Waals surface area contributed by atoms with Gasteiger partial charge in [0.2, 0.25) is 0 Å². The number of nitrogens with one attached hydrogen (secondary N) is 1. The number of hydrazine groups is 1. The van der Waals surface area contributed by atoms with Crippen molar-refractivity contribution in [1.82, 2.24) is 5.43 Å². The highest BCUT2D eigenvalue weighted by molar-refractivity contribution is 5.81. The maximum atomic E-state index is 11.8. The maximum absolute atomic E-state index is 11.8. The molecular formula is C7H14F3N3. The summed E-state index contributed by atoms with van der Waals surface area (Å²) in [7, 11) is 0. The van der Waals surface area contributed by atoms with Crippen molar-refractivity contribution < 1.29 is 13.2 Å². The lowest BCUT2D eigenvalue weighted by Crippen LogP contribution is -2.32. The molecule has 0 aliphatic carbocycles. The van der Waals surface area contributed by atoms with Gasteiger partial charge in [-0.2, -0.15) is 13.2 Å². The molecule has 6 heteroatoms. The van der Waals surface area contributed by atoms with Gasteiger partial charge in [-0.1, -0.05) is 0 Å².